The van der Waals surface area contributed by atoms with Crippen LogP contribution >= 0.6 is 0 Å². The summed E-state index contributed by atoms with van der Waals surface area (Å²) in [5, 5.41) is 11.6. The van der Waals surface area contributed by atoms with Crippen LogP contribution < -0.4 is 14.2 Å². The highest BCUT2D eigenvalue weighted by molar-refractivity contribution is 6.15. The zero-order valence-electron chi connectivity index (χ0n) is 21.7. The zero-order valence-corrected chi connectivity index (χ0v) is 21.7. The molecular formula is C32H21NO8. The van der Waals surface area contributed by atoms with E-state index in [0.29, 0.717) is 40.2 Å². The van der Waals surface area contributed by atoms with Crippen molar-refractivity contribution in [2.24, 2.45) is 0 Å². The average molecular weight is 548 g/mol. The summed E-state index contributed by atoms with van der Waals surface area (Å²) in [6.45, 7) is 2.33. The van der Waals surface area contributed by atoms with Crippen molar-refractivity contribution in [2.75, 3.05) is 6.61 Å². The molecule has 5 aromatic rings. The Bertz CT molecular complexity index is 1870. The van der Waals surface area contributed by atoms with Crippen LogP contribution in [-0.4, -0.2) is 23.3 Å². The van der Waals surface area contributed by atoms with Gasteiger partial charge in [-0.1, -0.05) is 42.5 Å². The Hall–Kier alpha value is -5.70. The Labute approximate surface area is 233 Å². The fourth-order valence-electron chi connectivity index (χ4n) is 4.60. The average Bonchev–Trinajstić information content (AvgIpc) is 3.51. The van der Waals surface area contributed by atoms with Crippen LogP contribution in [0.4, 0.5) is 5.69 Å². The molecule has 41 heavy (non-hydrogen) atoms. The van der Waals surface area contributed by atoms with E-state index < -0.39 is 10.9 Å². The number of fused-ring (bicyclic) bond motifs is 2. The molecule has 4 aromatic carbocycles. The Balaban J connectivity index is 1.32. The van der Waals surface area contributed by atoms with Crippen LogP contribution in [0.2, 0.25) is 0 Å². The lowest BCUT2D eigenvalue weighted by molar-refractivity contribution is -0.384. The fraction of sp³-hybridized carbons (Fsp3) is 0.0625. The molecule has 0 radical (unpaired) electrons. The number of hydrogen-bond donors (Lipinski definition) is 0. The van der Waals surface area contributed by atoms with Gasteiger partial charge in [0.25, 0.3) is 5.69 Å². The van der Waals surface area contributed by atoms with Crippen LogP contribution in [0.15, 0.2) is 101 Å². The van der Waals surface area contributed by atoms with E-state index in [1.54, 1.807) is 24.3 Å². The molecule has 9 heteroatoms. The molecule has 0 spiro atoms. The van der Waals surface area contributed by atoms with Crippen molar-refractivity contribution in [1.82, 2.24) is 0 Å². The van der Waals surface area contributed by atoms with Gasteiger partial charge in [-0.3, -0.25) is 14.9 Å². The Kier molecular flexibility index (Phi) is 6.52. The molecule has 0 unspecified atom stereocenters. The largest absolute Gasteiger partial charge is 0.494 e. The number of ketones is 1. The van der Waals surface area contributed by atoms with Crippen LogP contribution in [0, 0.1) is 10.1 Å². The third-order valence-electron chi connectivity index (χ3n) is 6.44. The monoisotopic (exact) mass is 547 g/mol. The van der Waals surface area contributed by atoms with Gasteiger partial charge in [-0.2, -0.15) is 0 Å². The lowest BCUT2D eigenvalue weighted by atomic mass is 10.1. The number of carbonyl (C=O) groups is 2. The van der Waals surface area contributed by atoms with E-state index in [0.717, 1.165) is 0 Å². The number of esters is 1. The van der Waals surface area contributed by atoms with Gasteiger partial charge in [-0.15, -0.1) is 0 Å². The van der Waals surface area contributed by atoms with E-state index in [-0.39, 0.29) is 39.9 Å². The van der Waals surface area contributed by atoms with Gasteiger partial charge in [0.05, 0.1) is 17.1 Å². The minimum absolute atomic E-state index is 0.000351. The molecule has 0 amide bonds. The molecule has 0 aliphatic carbocycles. The maximum atomic E-state index is 13.6. The van der Waals surface area contributed by atoms with E-state index >= 15 is 0 Å². The minimum atomic E-state index is -0.659. The highest BCUT2D eigenvalue weighted by Crippen LogP contribution is 2.38. The normalized spacial score (nSPS) is 13.2. The molecular weight excluding hydrogens is 526 g/mol. The first-order valence-corrected chi connectivity index (χ1v) is 12.7. The minimum Gasteiger partial charge on any atom is -0.494 e. The molecule has 1 aliphatic rings. The van der Waals surface area contributed by atoms with Crippen molar-refractivity contribution in [2.45, 2.75) is 6.92 Å². The number of nitrogens with zero attached hydrogens (tertiary/aromatic N) is 1. The van der Waals surface area contributed by atoms with E-state index in [2.05, 4.69) is 0 Å². The van der Waals surface area contributed by atoms with Gasteiger partial charge in [0.15, 0.2) is 5.76 Å². The van der Waals surface area contributed by atoms with E-state index in [1.165, 1.54) is 42.5 Å². The number of allylic oxidation sites excluding steroid dienone is 1. The SMILES string of the molecule is CCOc1ccc2oc(-c3ccccc3)c(C(=O)Oc3ccc4c(c3)O/C(=C\c3cccc([N+](=O)[O-])c3)C4=O)c2c1. The quantitative estimate of drug-likeness (QED) is 0.0688. The van der Waals surface area contributed by atoms with Crippen molar-refractivity contribution < 1.29 is 33.1 Å². The highest BCUT2D eigenvalue weighted by Gasteiger charge is 2.29. The summed E-state index contributed by atoms with van der Waals surface area (Å²) in [6.07, 6.45) is 1.43. The second-order valence-electron chi connectivity index (χ2n) is 9.10. The number of carbonyl (C=O) groups excluding carboxylic acids is 2. The molecule has 0 N–H and O–H groups in total. The molecule has 1 aromatic heterocycles. The Morgan fingerprint density at radius 2 is 1.76 bits per heavy atom. The molecule has 0 saturated heterocycles. The van der Waals surface area contributed by atoms with Gasteiger partial charge >= 0.3 is 5.97 Å². The lowest BCUT2D eigenvalue weighted by Gasteiger charge is -2.07. The lowest BCUT2D eigenvalue weighted by Crippen LogP contribution is -2.09. The number of benzene rings is 4. The number of Topliss-reactive ketones (excluding diaryl/α,β-unsaturated/α-hetero) is 1. The predicted molar refractivity (Wildman–Crippen MR) is 150 cm³/mol. The van der Waals surface area contributed by atoms with Crippen molar-refractivity contribution in [3.8, 4) is 28.6 Å². The van der Waals surface area contributed by atoms with Gasteiger partial charge < -0.3 is 18.6 Å². The molecule has 0 bridgehead atoms. The van der Waals surface area contributed by atoms with Gasteiger partial charge in [-0.25, -0.2) is 4.79 Å². The number of rotatable bonds is 7. The van der Waals surface area contributed by atoms with Crippen LogP contribution in [-0.2, 0) is 0 Å². The maximum Gasteiger partial charge on any atom is 0.348 e. The zero-order chi connectivity index (χ0) is 28.5. The van der Waals surface area contributed by atoms with E-state index in [9.17, 15) is 19.7 Å². The van der Waals surface area contributed by atoms with Crippen molar-refractivity contribution >= 4 is 34.5 Å². The summed E-state index contributed by atoms with van der Waals surface area (Å²) < 4.78 is 23.2. The van der Waals surface area contributed by atoms with Crippen molar-refractivity contribution in [1.29, 1.82) is 0 Å². The molecule has 0 saturated carbocycles. The fourth-order valence-corrected chi connectivity index (χ4v) is 4.60. The Morgan fingerprint density at radius 1 is 0.951 bits per heavy atom. The standard InChI is InChI=1S/C32H21NO8/c1-2-38-22-12-14-26-25(17-22)29(31(41-26)20-8-4-3-5-9-20)32(35)39-23-11-13-24-27(18-23)40-28(30(24)34)16-19-7-6-10-21(15-19)33(36)37/h3-18H,2H2,1H3/b28-16-. The second-order valence-corrected chi connectivity index (χ2v) is 9.10. The van der Waals surface area contributed by atoms with Crippen LogP contribution in [0.25, 0.3) is 28.4 Å². The number of nitro benzene ring substituents is 1. The van der Waals surface area contributed by atoms with Gasteiger partial charge in [0.1, 0.15) is 34.2 Å². The molecule has 6 rings (SSSR count). The Morgan fingerprint density at radius 3 is 2.54 bits per heavy atom. The molecule has 0 atom stereocenters. The molecule has 0 fully saturated rings. The first kappa shape index (κ1) is 25.6. The molecule has 202 valence electrons. The summed E-state index contributed by atoms with van der Waals surface area (Å²) in [7, 11) is 0. The molecule has 2 heterocycles. The summed E-state index contributed by atoms with van der Waals surface area (Å²) in [5.41, 5.74) is 2.05. The summed E-state index contributed by atoms with van der Waals surface area (Å²) in [6, 6.07) is 24.8. The van der Waals surface area contributed by atoms with Gasteiger partial charge in [0, 0.05) is 29.1 Å². The van der Waals surface area contributed by atoms with Crippen LogP contribution in [0.3, 0.4) is 0 Å². The van der Waals surface area contributed by atoms with Crippen molar-refractivity contribution in [3.05, 3.63) is 124 Å². The van der Waals surface area contributed by atoms with Gasteiger partial charge in [0.2, 0.25) is 5.78 Å². The highest BCUT2D eigenvalue weighted by atomic mass is 16.6. The molecule has 1 aliphatic heterocycles. The smallest absolute Gasteiger partial charge is 0.348 e. The van der Waals surface area contributed by atoms with Gasteiger partial charge in [-0.05, 0) is 48.9 Å². The number of hydrogen-bond acceptors (Lipinski definition) is 8. The number of furan rings is 1. The third kappa shape index (κ3) is 4.92. The topological polar surface area (TPSA) is 118 Å². The molecule has 9 nitrogen and oxygen atoms in total. The van der Waals surface area contributed by atoms with Crippen LogP contribution in [0.5, 0.6) is 17.2 Å². The summed E-state index contributed by atoms with van der Waals surface area (Å²) in [5.74, 6) is 0.256. The first-order valence-electron chi connectivity index (χ1n) is 12.7. The predicted octanol–water partition coefficient (Wildman–Crippen LogP) is 7.24. The summed E-state index contributed by atoms with van der Waals surface area (Å²) in [4.78, 5) is 37.1. The second kappa shape index (κ2) is 10.5. The third-order valence-corrected chi connectivity index (χ3v) is 6.44. The number of non-ortho nitro benzene ring substituents is 1. The van der Waals surface area contributed by atoms with Crippen molar-refractivity contribution in [3.63, 3.8) is 0 Å². The van der Waals surface area contributed by atoms with E-state index in [1.807, 2.05) is 37.3 Å². The maximum absolute atomic E-state index is 13.6. The summed E-state index contributed by atoms with van der Waals surface area (Å²) >= 11 is 0. The first-order chi connectivity index (χ1) is 19.9. The number of nitro groups is 1. The number of ether oxygens (including phenoxy) is 3. The van der Waals surface area contributed by atoms with E-state index in [4.69, 9.17) is 18.6 Å². The van der Waals surface area contributed by atoms with Crippen LogP contribution in [0.1, 0.15) is 33.2 Å².